The predicted molar refractivity (Wildman–Crippen MR) is 82.1 cm³/mol. The molecule has 1 N–H and O–H groups in total. The van der Waals surface area contributed by atoms with Gasteiger partial charge in [-0.25, -0.2) is 4.39 Å². The van der Waals surface area contributed by atoms with E-state index < -0.39 is 0 Å². The fraction of sp³-hybridized carbons (Fsp3) is 0.533. The van der Waals surface area contributed by atoms with Crippen LogP contribution in [0.1, 0.15) is 25.3 Å². The standard InChI is InChI=1S/C15H20FN3S/c1-3-18-6-4-5-11(18)9-19-14-7-10(2)12(16)8-13(14)17-15(19)20/h7-8,11H,3-6,9H2,1-2H3,(H,17,20). The first kappa shape index (κ1) is 13.8. The zero-order chi connectivity index (χ0) is 14.3. The van der Waals surface area contributed by atoms with Gasteiger partial charge in [-0.1, -0.05) is 6.92 Å². The van der Waals surface area contributed by atoms with Gasteiger partial charge in [0.25, 0.3) is 0 Å². The molecule has 1 fully saturated rings. The summed E-state index contributed by atoms with van der Waals surface area (Å²) in [4.78, 5) is 5.62. The van der Waals surface area contributed by atoms with E-state index in [0.29, 0.717) is 16.4 Å². The molecule has 20 heavy (non-hydrogen) atoms. The summed E-state index contributed by atoms with van der Waals surface area (Å²) in [7, 11) is 0. The minimum Gasteiger partial charge on any atom is -0.330 e. The number of benzene rings is 1. The number of hydrogen-bond donors (Lipinski definition) is 1. The zero-order valence-electron chi connectivity index (χ0n) is 11.9. The van der Waals surface area contributed by atoms with E-state index in [1.807, 2.05) is 6.07 Å². The Hall–Kier alpha value is -1.20. The van der Waals surface area contributed by atoms with Crippen LogP contribution >= 0.6 is 12.2 Å². The van der Waals surface area contributed by atoms with Crippen LogP contribution in [-0.2, 0) is 6.54 Å². The quantitative estimate of drug-likeness (QED) is 0.874. The van der Waals surface area contributed by atoms with Gasteiger partial charge in [-0.3, -0.25) is 4.90 Å². The molecule has 1 unspecified atom stereocenters. The number of rotatable bonds is 3. The molecule has 1 aliphatic rings. The van der Waals surface area contributed by atoms with Gasteiger partial charge in [0.1, 0.15) is 5.82 Å². The molecule has 108 valence electrons. The van der Waals surface area contributed by atoms with E-state index in [1.54, 1.807) is 13.0 Å². The van der Waals surface area contributed by atoms with Gasteiger partial charge in [-0.05, 0) is 62.8 Å². The minimum atomic E-state index is -0.183. The molecule has 3 rings (SSSR count). The molecule has 0 bridgehead atoms. The zero-order valence-corrected chi connectivity index (χ0v) is 12.8. The summed E-state index contributed by atoms with van der Waals surface area (Å²) in [5.41, 5.74) is 2.47. The molecular weight excluding hydrogens is 273 g/mol. The maximum absolute atomic E-state index is 13.6. The number of hydrogen-bond acceptors (Lipinski definition) is 2. The largest absolute Gasteiger partial charge is 0.330 e. The summed E-state index contributed by atoms with van der Waals surface area (Å²) in [6.07, 6.45) is 2.46. The molecular formula is C15H20FN3S. The van der Waals surface area contributed by atoms with Crippen molar-refractivity contribution in [1.82, 2.24) is 14.5 Å². The Kier molecular flexibility index (Phi) is 3.65. The second kappa shape index (κ2) is 5.30. The first-order chi connectivity index (χ1) is 9.60. The fourth-order valence-corrected chi connectivity index (χ4v) is 3.47. The summed E-state index contributed by atoms with van der Waals surface area (Å²) < 4.78 is 16.4. The average Bonchev–Trinajstić information content (AvgIpc) is 2.97. The van der Waals surface area contributed by atoms with Crippen LogP contribution in [0.15, 0.2) is 12.1 Å². The molecule has 2 heterocycles. The molecule has 1 atom stereocenters. The van der Waals surface area contributed by atoms with Crippen molar-refractivity contribution in [2.45, 2.75) is 39.3 Å². The summed E-state index contributed by atoms with van der Waals surface area (Å²) >= 11 is 5.42. The number of fused-ring (bicyclic) bond motifs is 1. The summed E-state index contributed by atoms with van der Waals surface area (Å²) in [6.45, 7) is 7.13. The number of nitrogens with zero attached hydrogens (tertiary/aromatic N) is 2. The first-order valence-corrected chi connectivity index (χ1v) is 7.63. The smallest absolute Gasteiger partial charge is 0.178 e. The van der Waals surface area contributed by atoms with Crippen molar-refractivity contribution in [3.05, 3.63) is 28.3 Å². The maximum Gasteiger partial charge on any atom is 0.178 e. The maximum atomic E-state index is 13.6. The SMILES string of the molecule is CCN1CCCC1Cn1c(=S)[nH]c2cc(F)c(C)cc21. The van der Waals surface area contributed by atoms with Crippen LogP contribution in [0.3, 0.4) is 0 Å². The van der Waals surface area contributed by atoms with Gasteiger partial charge in [-0.15, -0.1) is 0 Å². The van der Waals surface area contributed by atoms with E-state index in [2.05, 4.69) is 21.4 Å². The summed E-state index contributed by atoms with van der Waals surface area (Å²) in [6, 6.07) is 3.97. The average molecular weight is 293 g/mol. The number of aromatic nitrogens is 2. The van der Waals surface area contributed by atoms with Crippen LogP contribution in [0, 0.1) is 17.5 Å². The summed E-state index contributed by atoms with van der Waals surface area (Å²) in [5, 5.41) is 0. The van der Waals surface area contributed by atoms with Gasteiger partial charge in [-0.2, -0.15) is 0 Å². The monoisotopic (exact) mass is 293 g/mol. The topological polar surface area (TPSA) is 24.0 Å². The molecule has 1 aromatic carbocycles. The Bertz CT molecular complexity index is 688. The van der Waals surface area contributed by atoms with Gasteiger partial charge in [0, 0.05) is 12.6 Å². The van der Waals surface area contributed by atoms with E-state index in [0.717, 1.165) is 24.1 Å². The van der Waals surface area contributed by atoms with Gasteiger partial charge in [0.15, 0.2) is 4.77 Å². The molecule has 0 saturated carbocycles. The van der Waals surface area contributed by atoms with E-state index in [1.165, 1.54) is 19.4 Å². The molecule has 0 aliphatic carbocycles. The van der Waals surface area contributed by atoms with Gasteiger partial charge in [0.2, 0.25) is 0 Å². The highest BCUT2D eigenvalue weighted by atomic mass is 32.1. The van der Waals surface area contributed by atoms with Crippen molar-refractivity contribution >= 4 is 23.3 Å². The van der Waals surface area contributed by atoms with Crippen molar-refractivity contribution in [3.63, 3.8) is 0 Å². The minimum absolute atomic E-state index is 0.183. The molecule has 0 spiro atoms. The van der Waals surface area contributed by atoms with Gasteiger partial charge < -0.3 is 9.55 Å². The second-order valence-corrected chi connectivity index (χ2v) is 5.97. The Morgan fingerprint density at radius 1 is 1.45 bits per heavy atom. The first-order valence-electron chi connectivity index (χ1n) is 7.23. The van der Waals surface area contributed by atoms with Gasteiger partial charge >= 0.3 is 0 Å². The van der Waals surface area contributed by atoms with Crippen molar-refractivity contribution in [3.8, 4) is 0 Å². The number of nitrogens with one attached hydrogen (secondary N) is 1. The Labute approximate surface area is 123 Å². The van der Waals surface area contributed by atoms with Crippen molar-refractivity contribution in [1.29, 1.82) is 0 Å². The number of aromatic amines is 1. The second-order valence-electron chi connectivity index (χ2n) is 5.58. The molecule has 0 amide bonds. The fourth-order valence-electron chi connectivity index (χ4n) is 3.19. The molecule has 2 aromatic rings. The molecule has 3 nitrogen and oxygen atoms in total. The van der Waals surface area contributed by atoms with Gasteiger partial charge in [0.05, 0.1) is 11.0 Å². The van der Waals surface area contributed by atoms with E-state index in [-0.39, 0.29) is 5.82 Å². The highest BCUT2D eigenvalue weighted by molar-refractivity contribution is 7.71. The van der Waals surface area contributed by atoms with E-state index in [4.69, 9.17) is 12.2 Å². The molecule has 0 radical (unpaired) electrons. The number of H-pyrrole nitrogens is 1. The third-order valence-electron chi connectivity index (χ3n) is 4.35. The number of halogens is 1. The molecule has 1 aromatic heterocycles. The lowest BCUT2D eigenvalue weighted by Crippen LogP contribution is -2.32. The number of likely N-dealkylation sites (tertiary alicyclic amines) is 1. The molecule has 1 aliphatic heterocycles. The third kappa shape index (κ3) is 2.29. The lowest BCUT2D eigenvalue weighted by atomic mass is 10.2. The van der Waals surface area contributed by atoms with Crippen molar-refractivity contribution in [2.24, 2.45) is 0 Å². The number of imidazole rings is 1. The van der Waals surface area contributed by atoms with Crippen LogP contribution < -0.4 is 0 Å². The van der Waals surface area contributed by atoms with Crippen LogP contribution in [0.2, 0.25) is 0 Å². The summed E-state index contributed by atoms with van der Waals surface area (Å²) in [5.74, 6) is -0.183. The van der Waals surface area contributed by atoms with Crippen LogP contribution in [0.5, 0.6) is 0 Å². The normalized spacial score (nSPS) is 20.1. The van der Waals surface area contributed by atoms with E-state index >= 15 is 0 Å². The highest BCUT2D eigenvalue weighted by Gasteiger charge is 2.24. The molecule has 5 heteroatoms. The lowest BCUT2D eigenvalue weighted by molar-refractivity contribution is 0.245. The van der Waals surface area contributed by atoms with Crippen LogP contribution in [0.25, 0.3) is 11.0 Å². The number of aryl methyl sites for hydroxylation is 1. The lowest BCUT2D eigenvalue weighted by Gasteiger charge is -2.23. The Morgan fingerprint density at radius 3 is 3.00 bits per heavy atom. The Balaban J connectivity index is 2.01. The van der Waals surface area contributed by atoms with Crippen molar-refractivity contribution in [2.75, 3.05) is 13.1 Å². The van der Waals surface area contributed by atoms with E-state index in [9.17, 15) is 4.39 Å². The predicted octanol–water partition coefficient (Wildman–Crippen LogP) is 3.63. The number of likely N-dealkylation sites (N-methyl/N-ethyl adjacent to an activating group) is 1. The van der Waals surface area contributed by atoms with Crippen LogP contribution in [0.4, 0.5) is 4.39 Å². The highest BCUT2D eigenvalue weighted by Crippen LogP contribution is 2.23. The Morgan fingerprint density at radius 2 is 2.25 bits per heavy atom. The molecule has 1 saturated heterocycles. The van der Waals surface area contributed by atoms with Crippen molar-refractivity contribution < 1.29 is 4.39 Å². The third-order valence-corrected chi connectivity index (χ3v) is 4.68. The van der Waals surface area contributed by atoms with Crippen LogP contribution in [-0.4, -0.2) is 33.6 Å².